The molecule has 0 aliphatic carbocycles. The van der Waals surface area contributed by atoms with Crippen LogP contribution in [0.15, 0.2) is 54.6 Å². The molecule has 0 unspecified atom stereocenters. The third-order valence-corrected chi connectivity index (χ3v) is 3.17. The van der Waals surface area contributed by atoms with Gasteiger partial charge < -0.3 is 5.32 Å². The Morgan fingerprint density at radius 1 is 0.909 bits per heavy atom. The number of nitrogens with one attached hydrogen (secondary N) is 2. The van der Waals surface area contributed by atoms with Crippen molar-refractivity contribution < 1.29 is 4.79 Å². The fraction of sp³-hybridized carbons (Fsp3) is 0.222. The summed E-state index contributed by atoms with van der Waals surface area (Å²) in [7, 11) is 0. The summed E-state index contributed by atoms with van der Waals surface area (Å²) in [5.74, 6) is -0.207. The van der Waals surface area contributed by atoms with Crippen molar-refractivity contribution in [3.05, 3.63) is 60.2 Å². The van der Waals surface area contributed by atoms with Crippen LogP contribution >= 0.6 is 12.2 Å². The topological polar surface area (TPSA) is 41.1 Å². The summed E-state index contributed by atoms with van der Waals surface area (Å²) in [6.45, 7) is 5.96. The van der Waals surface area contributed by atoms with Gasteiger partial charge in [-0.15, -0.1) is 0 Å². The third-order valence-electron chi connectivity index (χ3n) is 2.97. The van der Waals surface area contributed by atoms with Gasteiger partial charge in [0.1, 0.15) is 0 Å². The van der Waals surface area contributed by atoms with Crippen molar-refractivity contribution in [2.45, 2.75) is 26.3 Å². The van der Waals surface area contributed by atoms with Gasteiger partial charge in [-0.2, -0.15) is 0 Å². The van der Waals surface area contributed by atoms with Crippen LogP contribution < -0.4 is 10.6 Å². The molecular formula is C18H20N2OS. The number of hydrogen-bond donors (Lipinski definition) is 2. The Morgan fingerprint density at radius 3 is 2.00 bits per heavy atom. The molecular weight excluding hydrogens is 292 g/mol. The molecule has 22 heavy (non-hydrogen) atoms. The molecule has 0 saturated carbocycles. The first kappa shape index (κ1) is 16.2. The molecule has 1 amide bonds. The number of thiocarbonyl (C=S) groups is 1. The normalized spacial score (nSPS) is 10.9. The summed E-state index contributed by atoms with van der Waals surface area (Å²) in [6.07, 6.45) is 0. The lowest BCUT2D eigenvalue weighted by atomic mass is 10.0. The number of hydrogen-bond acceptors (Lipinski definition) is 2. The average Bonchev–Trinajstić information content (AvgIpc) is 2.46. The number of carbonyl (C=O) groups excluding carboxylic acids is 1. The van der Waals surface area contributed by atoms with Crippen LogP contribution in [0.1, 0.15) is 31.1 Å². The van der Waals surface area contributed by atoms with Crippen LogP contribution in [-0.4, -0.2) is 16.6 Å². The Balaban J connectivity index is 2.04. The number of benzene rings is 2. The fourth-order valence-electron chi connectivity index (χ4n) is 1.99. The lowest BCUT2D eigenvalue weighted by Crippen LogP contribution is -2.48. The van der Waals surface area contributed by atoms with Crippen LogP contribution in [0.5, 0.6) is 0 Å². The maximum absolute atomic E-state index is 12.2. The molecule has 4 heteroatoms. The van der Waals surface area contributed by atoms with Crippen LogP contribution in [0.4, 0.5) is 0 Å². The summed E-state index contributed by atoms with van der Waals surface area (Å²) < 4.78 is 0. The second kappa shape index (κ2) is 6.71. The van der Waals surface area contributed by atoms with Crippen molar-refractivity contribution in [1.82, 2.24) is 10.6 Å². The number of amides is 1. The van der Waals surface area contributed by atoms with Gasteiger partial charge in [-0.05, 0) is 56.2 Å². The lowest BCUT2D eigenvalue weighted by molar-refractivity contribution is 0.0976. The van der Waals surface area contributed by atoms with Gasteiger partial charge in [-0.1, -0.05) is 42.5 Å². The first-order valence-electron chi connectivity index (χ1n) is 7.14. The minimum absolute atomic E-state index is 0.179. The Labute approximate surface area is 136 Å². The molecule has 0 saturated heterocycles. The smallest absolute Gasteiger partial charge is 0.257 e. The monoisotopic (exact) mass is 312 g/mol. The Hall–Kier alpha value is -2.20. The van der Waals surface area contributed by atoms with Crippen LogP contribution in [0, 0.1) is 0 Å². The van der Waals surface area contributed by atoms with E-state index in [2.05, 4.69) is 10.6 Å². The van der Waals surface area contributed by atoms with Crippen LogP contribution in [0.25, 0.3) is 11.1 Å². The zero-order valence-corrected chi connectivity index (χ0v) is 13.8. The SMILES string of the molecule is CC(C)(C)NC(=S)NC(=O)c1ccc(-c2ccccc2)cc1. The first-order valence-corrected chi connectivity index (χ1v) is 7.55. The van der Waals surface area contributed by atoms with E-state index in [1.807, 2.05) is 63.2 Å². The largest absolute Gasteiger partial charge is 0.358 e. The molecule has 2 aromatic rings. The molecule has 2 aromatic carbocycles. The van der Waals surface area contributed by atoms with Gasteiger partial charge in [0.15, 0.2) is 5.11 Å². The van der Waals surface area contributed by atoms with Gasteiger partial charge in [0.25, 0.3) is 5.91 Å². The van der Waals surface area contributed by atoms with Crippen molar-refractivity contribution in [3.63, 3.8) is 0 Å². The Bertz CT molecular complexity index is 658. The average molecular weight is 312 g/mol. The van der Waals surface area contributed by atoms with Crippen molar-refractivity contribution in [1.29, 1.82) is 0 Å². The molecule has 0 radical (unpaired) electrons. The van der Waals surface area contributed by atoms with Gasteiger partial charge in [0.2, 0.25) is 0 Å². The second-order valence-corrected chi connectivity index (χ2v) is 6.51. The maximum atomic E-state index is 12.2. The molecule has 0 aliphatic rings. The van der Waals surface area contributed by atoms with Crippen LogP contribution in [-0.2, 0) is 0 Å². The lowest BCUT2D eigenvalue weighted by Gasteiger charge is -2.22. The molecule has 2 rings (SSSR count). The molecule has 0 aromatic heterocycles. The molecule has 0 bridgehead atoms. The molecule has 2 N–H and O–H groups in total. The Kier molecular flexibility index (Phi) is 4.93. The van der Waals surface area contributed by atoms with Crippen molar-refractivity contribution >= 4 is 23.2 Å². The van der Waals surface area contributed by atoms with Gasteiger partial charge in [0, 0.05) is 11.1 Å². The fourth-order valence-corrected chi connectivity index (χ4v) is 2.39. The van der Waals surface area contributed by atoms with Crippen molar-refractivity contribution in [2.24, 2.45) is 0 Å². The predicted molar refractivity (Wildman–Crippen MR) is 94.8 cm³/mol. The van der Waals surface area contributed by atoms with E-state index in [-0.39, 0.29) is 11.4 Å². The van der Waals surface area contributed by atoms with E-state index < -0.39 is 0 Å². The summed E-state index contributed by atoms with van der Waals surface area (Å²) in [5.41, 5.74) is 2.60. The van der Waals surface area contributed by atoms with Crippen molar-refractivity contribution in [3.8, 4) is 11.1 Å². The highest BCUT2D eigenvalue weighted by atomic mass is 32.1. The van der Waals surface area contributed by atoms with E-state index >= 15 is 0 Å². The molecule has 0 atom stereocenters. The molecule has 0 fully saturated rings. The van der Waals surface area contributed by atoms with Crippen LogP contribution in [0.3, 0.4) is 0 Å². The highest BCUT2D eigenvalue weighted by Gasteiger charge is 2.13. The van der Waals surface area contributed by atoms with Gasteiger partial charge >= 0.3 is 0 Å². The standard InChI is InChI=1S/C18H20N2OS/c1-18(2,3)20-17(22)19-16(21)15-11-9-14(10-12-15)13-7-5-4-6-8-13/h4-12H,1-3H3,(H2,19,20,21,22). The maximum Gasteiger partial charge on any atom is 0.257 e. The van der Waals surface area contributed by atoms with Gasteiger partial charge in [-0.3, -0.25) is 10.1 Å². The molecule has 0 aliphatic heterocycles. The third kappa shape index (κ3) is 4.67. The van der Waals surface area contributed by atoms with E-state index in [9.17, 15) is 4.79 Å². The molecule has 0 heterocycles. The van der Waals surface area contributed by atoms with Gasteiger partial charge in [0.05, 0.1) is 0 Å². The van der Waals surface area contributed by atoms with E-state index in [0.29, 0.717) is 10.7 Å². The highest BCUT2D eigenvalue weighted by molar-refractivity contribution is 7.80. The summed E-state index contributed by atoms with van der Waals surface area (Å²) in [5, 5.41) is 6.09. The minimum atomic E-state index is -0.207. The Morgan fingerprint density at radius 2 is 1.45 bits per heavy atom. The first-order chi connectivity index (χ1) is 10.3. The quantitative estimate of drug-likeness (QED) is 0.830. The van der Waals surface area contributed by atoms with Gasteiger partial charge in [-0.25, -0.2) is 0 Å². The van der Waals surface area contributed by atoms with E-state index in [4.69, 9.17) is 12.2 Å². The van der Waals surface area contributed by atoms with Crippen LogP contribution in [0.2, 0.25) is 0 Å². The number of carbonyl (C=O) groups is 1. The number of rotatable bonds is 2. The van der Waals surface area contributed by atoms with E-state index in [0.717, 1.165) is 11.1 Å². The summed E-state index contributed by atoms with van der Waals surface area (Å²) in [6, 6.07) is 17.5. The second-order valence-electron chi connectivity index (χ2n) is 6.10. The summed E-state index contributed by atoms with van der Waals surface area (Å²) >= 11 is 5.14. The molecule has 114 valence electrons. The predicted octanol–water partition coefficient (Wildman–Crippen LogP) is 3.76. The minimum Gasteiger partial charge on any atom is -0.358 e. The van der Waals surface area contributed by atoms with Crippen molar-refractivity contribution in [2.75, 3.05) is 0 Å². The zero-order valence-electron chi connectivity index (χ0n) is 13.0. The van der Waals surface area contributed by atoms with E-state index in [1.54, 1.807) is 12.1 Å². The zero-order chi connectivity index (χ0) is 16.2. The summed E-state index contributed by atoms with van der Waals surface area (Å²) in [4.78, 5) is 12.2. The molecule has 0 spiro atoms. The highest BCUT2D eigenvalue weighted by Crippen LogP contribution is 2.19. The molecule has 3 nitrogen and oxygen atoms in total. The van der Waals surface area contributed by atoms with E-state index in [1.165, 1.54) is 0 Å².